The van der Waals surface area contributed by atoms with E-state index >= 15 is 0 Å². The molecule has 18 heavy (non-hydrogen) atoms. The van der Waals surface area contributed by atoms with Crippen LogP contribution >= 0.6 is 11.3 Å². The summed E-state index contributed by atoms with van der Waals surface area (Å²) in [6.07, 6.45) is 1.85. The zero-order valence-corrected chi connectivity index (χ0v) is 11.4. The molecule has 7 heteroatoms. The van der Waals surface area contributed by atoms with Gasteiger partial charge in [-0.25, -0.2) is 0 Å². The van der Waals surface area contributed by atoms with Crippen molar-refractivity contribution in [1.82, 2.24) is 15.5 Å². The van der Waals surface area contributed by atoms with Gasteiger partial charge in [0.2, 0.25) is 5.13 Å². The second kappa shape index (κ2) is 5.90. The van der Waals surface area contributed by atoms with E-state index in [0.29, 0.717) is 23.4 Å². The summed E-state index contributed by atoms with van der Waals surface area (Å²) in [5.41, 5.74) is 0. The van der Waals surface area contributed by atoms with Crippen molar-refractivity contribution < 1.29 is 4.79 Å². The lowest BCUT2D eigenvalue weighted by Gasteiger charge is -2.12. The Morgan fingerprint density at radius 3 is 3.00 bits per heavy atom. The molecule has 0 saturated carbocycles. The summed E-state index contributed by atoms with van der Waals surface area (Å²) >= 11 is 1.42. The predicted molar refractivity (Wildman–Crippen MR) is 72.0 cm³/mol. The zero-order valence-electron chi connectivity index (χ0n) is 10.6. The third kappa shape index (κ3) is 3.49. The maximum atomic E-state index is 11.8. The van der Waals surface area contributed by atoms with Gasteiger partial charge in [-0.1, -0.05) is 25.2 Å². The number of hydrogen-bond donors (Lipinski definition) is 2. The van der Waals surface area contributed by atoms with E-state index in [4.69, 9.17) is 0 Å². The molecular weight excluding hydrogens is 250 g/mol. The molecule has 2 N–H and O–H groups in total. The molecule has 1 aliphatic rings. The van der Waals surface area contributed by atoms with Crippen LogP contribution in [-0.4, -0.2) is 35.0 Å². The second-order valence-corrected chi connectivity index (χ2v) is 5.63. The summed E-state index contributed by atoms with van der Waals surface area (Å²) in [7, 11) is 0. The van der Waals surface area contributed by atoms with Gasteiger partial charge in [-0.05, 0) is 12.3 Å². The zero-order chi connectivity index (χ0) is 13.0. The molecule has 1 amide bonds. The third-order valence-corrected chi connectivity index (χ3v) is 3.24. The maximum absolute atomic E-state index is 11.8. The highest BCUT2D eigenvalue weighted by atomic mass is 32.1. The SMILES string of the molecule is CC(C)Cc1nnc(NC(=O)C2=NCCCN2)s1. The number of amidine groups is 1. The Kier molecular flexibility index (Phi) is 4.24. The van der Waals surface area contributed by atoms with Gasteiger partial charge in [-0.3, -0.25) is 15.1 Å². The van der Waals surface area contributed by atoms with Gasteiger partial charge in [0.25, 0.3) is 5.91 Å². The monoisotopic (exact) mass is 267 g/mol. The standard InChI is InChI=1S/C11H17N5OS/c1-7(2)6-8-15-16-11(18-8)14-10(17)9-12-4-3-5-13-9/h7H,3-6H2,1-2H3,(H,12,13)(H,14,16,17). The molecule has 1 aromatic heterocycles. The average Bonchev–Trinajstić information content (AvgIpc) is 2.76. The molecule has 1 aromatic rings. The number of nitrogens with zero attached hydrogens (tertiary/aromatic N) is 3. The lowest BCUT2D eigenvalue weighted by Crippen LogP contribution is -2.39. The third-order valence-electron chi connectivity index (χ3n) is 2.38. The van der Waals surface area contributed by atoms with Crippen LogP contribution in [0.4, 0.5) is 5.13 Å². The van der Waals surface area contributed by atoms with Crippen molar-refractivity contribution in [3.8, 4) is 0 Å². The Hall–Kier alpha value is -1.50. The number of aliphatic imine (C=N–C) groups is 1. The number of nitrogens with one attached hydrogen (secondary N) is 2. The summed E-state index contributed by atoms with van der Waals surface area (Å²) in [5, 5.41) is 15.2. The van der Waals surface area contributed by atoms with Crippen LogP contribution in [0.1, 0.15) is 25.3 Å². The Labute approximate surface area is 110 Å². The smallest absolute Gasteiger partial charge is 0.292 e. The van der Waals surface area contributed by atoms with Gasteiger partial charge in [0.05, 0.1) is 0 Å². The van der Waals surface area contributed by atoms with E-state index in [1.165, 1.54) is 11.3 Å². The first-order valence-electron chi connectivity index (χ1n) is 6.07. The van der Waals surface area contributed by atoms with Gasteiger partial charge in [-0.2, -0.15) is 0 Å². The molecule has 0 spiro atoms. The van der Waals surface area contributed by atoms with Gasteiger partial charge in [0, 0.05) is 19.5 Å². The minimum absolute atomic E-state index is 0.234. The van der Waals surface area contributed by atoms with Crippen LogP contribution in [0.15, 0.2) is 4.99 Å². The van der Waals surface area contributed by atoms with Gasteiger partial charge < -0.3 is 5.32 Å². The molecule has 0 unspecified atom stereocenters. The molecule has 0 bridgehead atoms. The lowest BCUT2D eigenvalue weighted by molar-refractivity contribution is -0.110. The van der Waals surface area contributed by atoms with Crippen molar-refractivity contribution in [2.45, 2.75) is 26.7 Å². The molecule has 2 rings (SSSR count). The Morgan fingerprint density at radius 1 is 1.50 bits per heavy atom. The highest BCUT2D eigenvalue weighted by Crippen LogP contribution is 2.18. The van der Waals surface area contributed by atoms with Crippen LogP contribution in [-0.2, 0) is 11.2 Å². The largest absolute Gasteiger partial charge is 0.366 e. The fourth-order valence-electron chi connectivity index (χ4n) is 1.58. The first-order valence-corrected chi connectivity index (χ1v) is 6.89. The summed E-state index contributed by atoms with van der Waals surface area (Å²) in [4.78, 5) is 16.0. The lowest BCUT2D eigenvalue weighted by atomic mass is 10.1. The van der Waals surface area contributed by atoms with Gasteiger partial charge in [0.1, 0.15) is 5.01 Å². The van der Waals surface area contributed by atoms with Crippen LogP contribution in [0.3, 0.4) is 0 Å². The van der Waals surface area contributed by atoms with Crippen molar-refractivity contribution >= 4 is 28.2 Å². The molecule has 1 aliphatic heterocycles. The number of hydrogen-bond acceptors (Lipinski definition) is 6. The quantitative estimate of drug-likeness (QED) is 0.855. The first-order chi connectivity index (χ1) is 8.65. The maximum Gasteiger partial charge on any atom is 0.292 e. The van der Waals surface area contributed by atoms with Crippen molar-refractivity contribution in [2.24, 2.45) is 10.9 Å². The summed E-state index contributed by atoms with van der Waals surface area (Å²) in [6.45, 7) is 5.74. The van der Waals surface area contributed by atoms with E-state index < -0.39 is 0 Å². The Bertz CT molecular complexity index is 454. The highest BCUT2D eigenvalue weighted by molar-refractivity contribution is 7.15. The van der Waals surface area contributed by atoms with E-state index in [-0.39, 0.29) is 5.91 Å². The van der Waals surface area contributed by atoms with Gasteiger partial charge in [-0.15, -0.1) is 10.2 Å². The fraction of sp³-hybridized carbons (Fsp3) is 0.636. The van der Waals surface area contributed by atoms with Crippen LogP contribution < -0.4 is 10.6 Å². The number of carbonyl (C=O) groups is 1. The molecule has 0 saturated heterocycles. The van der Waals surface area contributed by atoms with Crippen molar-refractivity contribution in [2.75, 3.05) is 18.4 Å². The van der Waals surface area contributed by atoms with Crippen molar-refractivity contribution in [3.63, 3.8) is 0 Å². The fourth-order valence-corrected chi connectivity index (χ4v) is 2.52. The van der Waals surface area contributed by atoms with E-state index in [2.05, 4.69) is 39.7 Å². The first kappa shape index (κ1) is 12.9. The van der Waals surface area contributed by atoms with E-state index in [1.54, 1.807) is 0 Å². The predicted octanol–water partition coefficient (Wildman–Crippen LogP) is 1.07. The Morgan fingerprint density at radius 2 is 2.33 bits per heavy atom. The van der Waals surface area contributed by atoms with Crippen LogP contribution in [0.2, 0.25) is 0 Å². The van der Waals surface area contributed by atoms with Crippen molar-refractivity contribution in [1.29, 1.82) is 0 Å². The molecule has 0 aliphatic carbocycles. The number of amides is 1. The molecule has 6 nitrogen and oxygen atoms in total. The topological polar surface area (TPSA) is 79.3 Å². The number of aromatic nitrogens is 2. The van der Waals surface area contributed by atoms with Crippen LogP contribution in [0, 0.1) is 5.92 Å². The molecule has 0 fully saturated rings. The number of carbonyl (C=O) groups excluding carboxylic acids is 1. The molecule has 2 heterocycles. The van der Waals surface area contributed by atoms with E-state index in [9.17, 15) is 4.79 Å². The van der Waals surface area contributed by atoms with Crippen LogP contribution in [0.25, 0.3) is 0 Å². The molecular formula is C11H17N5OS. The summed E-state index contributed by atoms with van der Waals surface area (Å²) in [5.74, 6) is 0.690. The number of rotatable bonds is 4. The molecule has 0 atom stereocenters. The van der Waals surface area contributed by atoms with E-state index in [1.807, 2.05) is 0 Å². The van der Waals surface area contributed by atoms with Gasteiger partial charge >= 0.3 is 0 Å². The average molecular weight is 267 g/mol. The minimum atomic E-state index is -0.234. The molecule has 0 radical (unpaired) electrons. The van der Waals surface area contributed by atoms with Gasteiger partial charge in [0.15, 0.2) is 5.84 Å². The second-order valence-electron chi connectivity index (χ2n) is 4.56. The van der Waals surface area contributed by atoms with Crippen molar-refractivity contribution in [3.05, 3.63) is 5.01 Å². The highest BCUT2D eigenvalue weighted by Gasteiger charge is 2.16. The van der Waals surface area contributed by atoms with Crippen LogP contribution in [0.5, 0.6) is 0 Å². The summed E-state index contributed by atoms with van der Waals surface area (Å²) < 4.78 is 0. The normalized spacial score (nSPS) is 15.2. The summed E-state index contributed by atoms with van der Waals surface area (Å²) in [6, 6.07) is 0. The number of anilines is 1. The minimum Gasteiger partial charge on any atom is -0.366 e. The molecule has 98 valence electrons. The Balaban J connectivity index is 1.94. The van der Waals surface area contributed by atoms with E-state index in [0.717, 1.165) is 24.4 Å². The molecule has 0 aromatic carbocycles.